The van der Waals surface area contributed by atoms with Crippen LogP contribution in [0.25, 0.3) is 11.2 Å². The van der Waals surface area contributed by atoms with Crippen molar-refractivity contribution in [2.45, 2.75) is 37.2 Å². The van der Waals surface area contributed by atoms with Gasteiger partial charge in [0.25, 0.3) is 0 Å². The third kappa shape index (κ3) is 4.19. The Hall–Kier alpha value is -3.23. The van der Waals surface area contributed by atoms with Gasteiger partial charge in [0.1, 0.15) is 36.5 Å². The van der Waals surface area contributed by atoms with Crippen LogP contribution in [-0.2, 0) is 11.3 Å². The zero-order chi connectivity index (χ0) is 24.4. The first-order chi connectivity index (χ1) is 16.4. The lowest BCUT2D eigenvalue weighted by molar-refractivity contribution is -0.250. The van der Waals surface area contributed by atoms with Crippen molar-refractivity contribution in [2.75, 3.05) is 33.3 Å². The van der Waals surface area contributed by atoms with Crippen molar-refractivity contribution in [2.24, 2.45) is 0 Å². The van der Waals surface area contributed by atoms with Crippen LogP contribution in [0.15, 0.2) is 24.8 Å². The monoisotopic (exact) mass is 477 g/mol. The third-order valence-corrected chi connectivity index (χ3v) is 5.71. The van der Waals surface area contributed by atoms with Crippen LogP contribution in [0.1, 0.15) is 11.8 Å². The van der Waals surface area contributed by atoms with Gasteiger partial charge in [0, 0.05) is 18.2 Å². The van der Waals surface area contributed by atoms with Gasteiger partial charge in [-0.3, -0.25) is 4.57 Å². The number of imidazole rings is 1. The standard InChI is InChI=1S/C21H27N5O8/c1-31-11-4-10(18(33-3)12(5-11)32-2)6-22-19-14-20(24-8-23-19)26(9-25-14)21-17(30)16(29)15(28)13(7-27)34-21/h4-5,8-9,13,15-17,21,27-30H,6-7H2,1-3H3,(H,22,23,24)/t13-,15-,16+,17-,21?/m1/s1. The molecule has 34 heavy (non-hydrogen) atoms. The van der Waals surface area contributed by atoms with E-state index in [4.69, 9.17) is 18.9 Å². The number of benzene rings is 1. The number of aromatic nitrogens is 4. The van der Waals surface area contributed by atoms with Gasteiger partial charge in [0.2, 0.25) is 0 Å². The summed E-state index contributed by atoms with van der Waals surface area (Å²) in [5.41, 5.74) is 1.45. The fourth-order valence-electron chi connectivity index (χ4n) is 3.92. The molecule has 3 heterocycles. The number of nitrogens with one attached hydrogen (secondary N) is 1. The third-order valence-electron chi connectivity index (χ3n) is 5.71. The minimum atomic E-state index is -1.52. The van der Waals surface area contributed by atoms with Gasteiger partial charge in [-0.05, 0) is 6.07 Å². The molecule has 1 fully saturated rings. The van der Waals surface area contributed by atoms with E-state index in [2.05, 4.69) is 20.3 Å². The summed E-state index contributed by atoms with van der Waals surface area (Å²) in [5, 5.41) is 43.3. The molecular formula is C21H27N5O8. The summed E-state index contributed by atoms with van der Waals surface area (Å²) in [6.45, 7) is -0.253. The number of nitrogens with zero attached hydrogens (tertiary/aromatic N) is 4. The lowest BCUT2D eigenvalue weighted by atomic mass is 9.98. The molecule has 5 atom stereocenters. The molecule has 0 spiro atoms. The van der Waals surface area contributed by atoms with Gasteiger partial charge in [0.15, 0.2) is 34.7 Å². The van der Waals surface area contributed by atoms with Crippen LogP contribution in [0.5, 0.6) is 17.2 Å². The van der Waals surface area contributed by atoms with E-state index in [1.807, 2.05) is 0 Å². The van der Waals surface area contributed by atoms with Crippen molar-refractivity contribution in [3.8, 4) is 17.2 Å². The van der Waals surface area contributed by atoms with Crippen LogP contribution in [0, 0.1) is 0 Å². The number of methoxy groups -OCH3 is 3. The quantitative estimate of drug-likeness (QED) is 0.280. The average molecular weight is 477 g/mol. The molecule has 0 saturated carbocycles. The number of hydrogen-bond acceptors (Lipinski definition) is 12. The predicted molar refractivity (Wildman–Crippen MR) is 118 cm³/mol. The van der Waals surface area contributed by atoms with Gasteiger partial charge < -0.3 is 44.7 Å². The van der Waals surface area contributed by atoms with Crippen LogP contribution >= 0.6 is 0 Å². The minimum Gasteiger partial charge on any atom is -0.497 e. The largest absolute Gasteiger partial charge is 0.497 e. The molecule has 1 saturated heterocycles. The molecule has 1 aromatic carbocycles. The summed E-state index contributed by atoms with van der Waals surface area (Å²) in [6.07, 6.45) is -3.96. The maximum atomic E-state index is 10.5. The molecule has 0 radical (unpaired) electrons. The summed E-state index contributed by atoms with van der Waals surface area (Å²) >= 11 is 0. The molecule has 184 valence electrons. The molecule has 4 rings (SSSR count). The molecule has 1 aliphatic heterocycles. The van der Waals surface area contributed by atoms with Crippen molar-refractivity contribution in [1.82, 2.24) is 19.5 Å². The minimum absolute atomic E-state index is 0.287. The number of aliphatic hydroxyl groups excluding tert-OH is 4. The second-order valence-electron chi connectivity index (χ2n) is 7.64. The smallest absolute Gasteiger partial charge is 0.167 e. The molecule has 13 nitrogen and oxygen atoms in total. The van der Waals surface area contributed by atoms with E-state index >= 15 is 0 Å². The molecule has 1 aliphatic rings. The van der Waals surface area contributed by atoms with E-state index in [1.165, 1.54) is 24.3 Å². The first-order valence-electron chi connectivity index (χ1n) is 10.4. The first-order valence-corrected chi connectivity index (χ1v) is 10.4. The molecule has 3 aromatic rings. The van der Waals surface area contributed by atoms with E-state index in [-0.39, 0.29) is 6.54 Å². The zero-order valence-corrected chi connectivity index (χ0v) is 18.8. The van der Waals surface area contributed by atoms with Gasteiger partial charge in [-0.1, -0.05) is 0 Å². The van der Waals surface area contributed by atoms with E-state index in [9.17, 15) is 20.4 Å². The Morgan fingerprint density at radius 2 is 1.79 bits per heavy atom. The number of ether oxygens (including phenoxy) is 4. The van der Waals surface area contributed by atoms with Gasteiger partial charge in [0.05, 0.1) is 34.3 Å². The Kier molecular flexibility index (Phi) is 7.00. The summed E-state index contributed by atoms with van der Waals surface area (Å²) in [4.78, 5) is 12.8. The van der Waals surface area contributed by atoms with Gasteiger partial charge in [-0.25, -0.2) is 15.0 Å². The van der Waals surface area contributed by atoms with Crippen LogP contribution < -0.4 is 19.5 Å². The van der Waals surface area contributed by atoms with Gasteiger partial charge in [-0.15, -0.1) is 0 Å². The number of hydrogen-bond donors (Lipinski definition) is 5. The second kappa shape index (κ2) is 9.95. The lowest BCUT2D eigenvalue weighted by Crippen LogP contribution is -2.56. The van der Waals surface area contributed by atoms with Gasteiger partial charge in [-0.2, -0.15) is 0 Å². The molecule has 13 heteroatoms. The Morgan fingerprint density at radius 3 is 2.47 bits per heavy atom. The SMILES string of the molecule is COc1cc(CNc2ncnc3c2ncn3C2O[C@H](CO)[C@@H](O)[C@H](O)[C@H]2O)c(OC)c(OC)c1. The van der Waals surface area contributed by atoms with Crippen LogP contribution in [0.4, 0.5) is 5.82 Å². The maximum Gasteiger partial charge on any atom is 0.167 e. The van der Waals surface area contributed by atoms with Crippen LogP contribution in [-0.4, -0.2) is 92.3 Å². The molecule has 0 aliphatic carbocycles. The number of fused-ring (bicyclic) bond motifs is 1. The number of aliphatic hydroxyl groups is 4. The van der Waals surface area contributed by atoms with Crippen molar-refractivity contribution in [3.05, 3.63) is 30.4 Å². The number of anilines is 1. The topological polar surface area (TPSA) is 173 Å². The summed E-state index contributed by atoms with van der Waals surface area (Å²) < 4.78 is 23.3. The van der Waals surface area contributed by atoms with Crippen LogP contribution in [0.3, 0.4) is 0 Å². The molecule has 1 unspecified atom stereocenters. The first kappa shape index (κ1) is 23.9. The lowest BCUT2D eigenvalue weighted by Gasteiger charge is -2.40. The highest BCUT2D eigenvalue weighted by molar-refractivity contribution is 5.82. The predicted octanol–water partition coefficient (Wildman–Crippen LogP) is -0.563. The van der Waals surface area contributed by atoms with Crippen molar-refractivity contribution in [1.29, 1.82) is 0 Å². The summed E-state index contributed by atoms with van der Waals surface area (Å²) in [7, 11) is 4.63. The number of rotatable bonds is 8. The van der Waals surface area contributed by atoms with E-state index in [1.54, 1.807) is 26.4 Å². The normalized spacial score (nSPS) is 24.7. The van der Waals surface area contributed by atoms with Crippen molar-refractivity contribution < 1.29 is 39.4 Å². The maximum absolute atomic E-state index is 10.5. The molecule has 0 bridgehead atoms. The highest BCUT2D eigenvalue weighted by Gasteiger charge is 2.44. The van der Waals surface area contributed by atoms with E-state index < -0.39 is 37.3 Å². The summed E-state index contributed by atoms with van der Waals surface area (Å²) in [5.74, 6) is 2.04. The highest BCUT2D eigenvalue weighted by atomic mass is 16.6. The molecular weight excluding hydrogens is 450 g/mol. The molecule has 2 aromatic heterocycles. The fraction of sp³-hybridized carbons (Fsp3) is 0.476. The Bertz CT molecular complexity index is 1140. The van der Waals surface area contributed by atoms with Crippen LogP contribution in [0.2, 0.25) is 0 Å². The Balaban J connectivity index is 1.64. The Labute approximate surface area is 194 Å². The second-order valence-corrected chi connectivity index (χ2v) is 7.64. The molecule has 0 amide bonds. The average Bonchev–Trinajstić information content (AvgIpc) is 3.30. The van der Waals surface area contributed by atoms with E-state index in [0.29, 0.717) is 34.2 Å². The summed E-state index contributed by atoms with van der Waals surface area (Å²) in [6, 6.07) is 3.52. The highest BCUT2D eigenvalue weighted by Crippen LogP contribution is 2.36. The van der Waals surface area contributed by atoms with Crippen molar-refractivity contribution >= 4 is 17.0 Å². The van der Waals surface area contributed by atoms with Crippen molar-refractivity contribution in [3.63, 3.8) is 0 Å². The molecule has 5 N–H and O–H groups in total. The Morgan fingerprint density at radius 1 is 1.00 bits per heavy atom. The van der Waals surface area contributed by atoms with E-state index in [0.717, 1.165) is 5.56 Å². The van der Waals surface area contributed by atoms with Gasteiger partial charge >= 0.3 is 0 Å². The zero-order valence-electron chi connectivity index (χ0n) is 18.8. The fourth-order valence-corrected chi connectivity index (χ4v) is 3.92.